The summed E-state index contributed by atoms with van der Waals surface area (Å²) in [5.74, 6) is 0.312. The Labute approximate surface area is 130 Å². The zero-order chi connectivity index (χ0) is 14.9. The lowest BCUT2D eigenvalue weighted by molar-refractivity contribution is -0.105. The van der Waals surface area contributed by atoms with E-state index in [1.165, 1.54) is 22.5 Å². The number of allylic oxidation sites excluding steroid dienone is 2. The van der Waals surface area contributed by atoms with E-state index >= 15 is 0 Å². The number of nitrogens with zero attached hydrogens (tertiary/aromatic N) is 1. The van der Waals surface area contributed by atoms with Crippen LogP contribution in [0, 0.1) is 5.92 Å². The second-order valence-electron chi connectivity index (χ2n) is 6.98. The van der Waals surface area contributed by atoms with E-state index in [1.54, 1.807) is 0 Å². The molecule has 2 fully saturated rings. The molecule has 1 N–H and O–H groups in total. The lowest BCUT2D eigenvalue weighted by Gasteiger charge is -2.48. The molecule has 3 atom stereocenters. The van der Waals surface area contributed by atoms with Crippen molar-refractivity contribution >= 4 is 12.0 Å². The third kappa shape index (κ3) is 1.25. The van der Waals surface area contributed by atoms with Gasteiger partial charge in [-0.15, -0.1) is 0 Å². The van der Waals surface area contributed by atoms with E-state index in [0.29, 0.717) is 12.0 Å². The van der Waals surface area contributed by atoms with E-state index in [2.05, 4.69) is 47.5 Å². The predicted octanol–water partition coefficient (Wildman–Crippen LogP) is 2.86. The first-order valence-electron chi connectivity index (χ1n) is 8.25. The molecule has 3 aliphatic heterocycles. The van der Waals surface area contributed by atoms with Crippen LogP contribution in [0.5, 0.6) is 0 Å². The fourth-order valence-corrected chi connectivity index (χ4v) is 5.44. The van der Waals surface area contributed by atoms with Crippen LogP contribution in [0.4, 0.5) is 5.69 Å². The molecule has 0 amide bonds. The van der Waals surface area contributed by atoms with Gasteiger partial charge in [-0.3, -0.25) is 9.69 Å². The third-order valence-electron chi connectivity index (χ3n) is 6.37. The van der Waals surface area contributed by atoms with Gasteiger partial charge >= 0.3 is 0 Å². The van der Waals surface area contributed by atoms with Crippen molar-refractivity contribution in [3.63, 3.8) is 0 Å². The lowest BCUT2D eigenvalue weighted by Crippen LogP contribution is -2.52. The van der Waals surface area contributed by atoms with Crippen LogP contribution in [0.3, 0.4) is 0 Å². The molecule has 112 valence electrons. The standard InChI is InChI=1S/C19H20N2O/c1-2-12-10-21-8-7-19-15-5-3-4-6-16(15)20-18(19)14(11-22)13(12)9-17(19)21/h2-6,11,13,17,20H,7-10H2,1H3/b12-2+/t13-,17-,19-/m0/s1. The van der Waals surface area contributed by atoms with Crippen LogP contribution in [0.25, 0.3) is 0 Å². The molecule has 0 unspecified atom stereocenters. The van der Waals surface area contributed by atoms with E-state index < -0.39 is 0 Å². The van der Waals surface area contributed by atoms with Gasteiger partial charge in [0.05, 0.1) is 5.41 Å². The summed E-state index contributed by atoms with van der Waals surface area (Å²) >= 11 is 0. The van der Waals surface area contributed by atoms with Crippen molar-refractivity contribution in [2.75, 3.05) is 18.4 Å². The fraction of sp³-hybridized carbons (Fsp3) is 0.421. The Hall–Kier alpha value is -1.87. The molecule has 22 heavy (non-hydrogen) atoms. The van der Waals surface area contributed by atoms with E-state index in [-0.39, 0.29) is 5.41 Å². The molecule has 3 heterocycles. The normalized spacial score (nSPS) is 37.0. The van der Waals surface area contributed by atoms with Gasteiger partial charge < -0.3 is 5.32 Å². The van der Waals surface area contributed by atoms with Crippen LogP contribution < -0.4 is 5.32 Å². The van der Waals surface area contributed by atoms with Gasteiger partial charge in [0.1, 0.15) is 6.29 Å². The molecule has 1 spiro atoms. The number of para-hydroxylation sites is 1. The molecule has 2 saturated heterocycles. The SMILES string of the molecule is C/C=C1\CN2CC[C@@]34C(=C(C=O)[C@H]1C[C@H]23)Nc1ccccc14. The first-order chi connectivity index (χ1) is 10.8. The van der Waals surface area contributed by atoms with Gasteiger partial charge in [-0.25, -0.2) is 0 Å². The number of hydrogen-bond donors (Lipinski definition) is 1. The summed E-state index contributed by atoms with van der Waals surface area (Å²) in [6.45, 7) is 4.26. The number of fused-ring (bicyclic) bond motifs is 2. The minimum atomic E-state index is 0.0304. The lowest BCUT2D eigenvalue weighted by atomic mass is 9.62. The summed E-state index contributed by atoms with van der Waals surface area (Å²) < 4.78 is 0. The van der Waals surface area contributed by atoms with Gasteiger partial charge in [-0.1, -0.05) is 29.8 Å². The smallest absolute Gasteiger partial charge is 0.148 e. The summed E-state index contributed by atoms with van der Waals surface area (Å²) in [5.41, 5.74) is 6.25. The average Bonchev–Trinajstić information content (AvgIpc) is 3.11. The molecule has 1 aliphatic carbocycles. The highest BCUT2D eigenvalue weighted by atomic mass is 16.1. The molecule has 4 aliphatic rings. The predicted molar refractivity (Wildman–Crippen MR) is 86.7 cm³/mol. The Bertz CT molecular complexity index is 748. The van der Waals surface area contributed by atoms with Gasteiger partial charge in [0.15, 0.2) is 0 Å². The van der Waals surface area contributed by atoms with Gasteiger partial charge in [-0.2, -0.15) is 0 Å². The quantitative estimate of drug-likeness (QED) is 0.638. The van der Waals surface area contributed by atoms with E-state index in [0.717, 1.165) is 37.8 Å². The number of carbonyl (C=O) groups is 1. The number of aldehydes is 1. The Kier molecular flexibility index (Phi) is 2.36. The average molecular weight is 292 g/mol. The van der Waals surface area contributed by atoms with E-state index in [1.807, 2.05) is 0 Å². The largest absolute Gasteiger partial charge is 0.358 e. The number of benzene rings is 1. The van der Waals surface area contributed by atoms with Crippen molar-refractivity contribution < 1.29 is 4.79 Å². The van der Waals surface area contributed by atoms with Crippen molar-refractivity contribution in [3.8, 4) is 0 Å². The maximum absolute atomic E-state index is 11.9. The maximum Gasteiger partial charge on any atom is 0.148 e. The maximum atomic E-state index is 11.9. The molecule has 1 aromatic carbocycles. The summed E-state index contributed by atoms with van der Waals surface area (Å²) in [4.78, 5) is 14.6. The van der Waals surface area contributed by atoms with E-state index in [4.69, 9.17) is 0 Å². The first-order valence-corrected chi connectivity index (χ1v) is 8.25. The zero-order valence-corrected chi connectivity index (χ0v) is 12.8. The van der Waals surface area contributed by atoms with Gasteiger partial charge in [0.2, 0.25) is 0 Å². The van der Waals surface area contributed by atoms with Crippen LogP contribution >= 0.6 is 0 Å². The van der Waals surface area contributed by atoms with Gasteiger partial charge in [0, 0.05) is 42.0 Å². The van der Waals surface area contributed by atoms with Crippen molar-refractivity contribution in [2.24, 2.45) is 5.92 Å². The molecule has 5 rings (SSSR count). The second kappa shape index (κ2) is 4.11. The fourth-order valence-electron chi connectivity index (χ4n) is 5.44. The van der Waals surface area contributed by atoms with Gasteiger partial charge in [-0.05, 0) is 31.4 Å². The Morgan fingerprint density at radius 2 is 2.23 bits per heavy atom. The molecule has 0 aromatic heterocycles. The zero-order valence-electron chi connectivity index (χ0n) is 12.8. The molecular weight excluding hydrogens is 272 g/mol. The van der Waals surface area contributed by atoms with Crippen molar-refractivity contribution in [1.82, 2.24) is 4.90 Å². The van der Waals surface area contributed by atoms with Gasteiger partial charge in [0.25, 0.3) is 0 Å². The Morgan fingerprint density at radius 3 is 3.05 bits per heavy atom. The summed E-state index contributed by atoms with van der Waals surface area (Å²) in [5, 5.41) is 3.62. The summed E-state index contributed by atoms with van der Waals surface area (Å²) in [6.07, 6.45) is 5.55. The Morgan fingerprint density at radius 1 is 1.36 bits per heavy atom. The van der Waals surface area contributed by atoms with Crippen molar-refractivity contribution in [3.05, 3.63) is 52.7 Å². The van der Waals surface area contributed by atoms with Crippen molar-refractivity contribution in [1.29, 1.82) is 0 Å². The molecule has 3 nitrogen and oxygen atoms in total. The van der Waals surface area contributed by atoms with Crippen LogP contribution in [0.1, 0.15) is 25.3 Å². The van der Waals surface area contributed by atoms with Crippen LogP contribution in [0.2, 0.25) is 0 Å². The number of piperidine rings is 1. The second-order valence-corrected chi connectivity index (χ2v) is 6.98. The number of nitrogens with one attached hydrogen (secondary N) is 1. The highest BCUT2D eigenvalue weighted by Crippen LogP contribution is 2.60. The Balaban J connectivity index is 1.83. The molecule has 1 aromatic rings. The number of rotatable bonds is 1. The van der Waals surface area contributed by atoms with Crippen molar-refractivity contribution in [2.45, 2.75) is 31.2 Å². The van der Waals surface area contributed by atoms with Crippen LogP contribution in [-0.4, -0.2) is 30.3 Å². The molecule has 0 saturated carbocycles. The summed E-state index contributed by atoms with van der Waals surface area (Å²) in [6, 6.07) is 9.16. The minimum absolute atomic E-state index is 0.0304. The topological polar surface area (TPSA) is 32.3 Å². The first kappa shape index (κ1) is 12.7. The van der Waals surface area contributed by atoms with E-state index in [9.17, 15) is 4.79 Å². The summed E-state index contributed by atoms with van der Waals surface area (Å²) in [7, 11) is 0. The number of hydrogen-bond acceptors (Lipinski definition) is 3. The van der Waals surface area contributed by atoms with Crippen LogP contribution in [-0.2, 0) is 10.2 Å². The monoisotopic (exact) mass is 292 g/mol. The molecular formula is C19H20N2O. The highest BCUT2D eigenvalue weighted by Gasteiger charge is 2.60. The number of carbonyl (C=O) groups excluding carboxylic acids is 1. The third-order valence-corrected chi connectivity index (χ3v) is 6.37. The highest BCUT2D eigenvalue weighted by molar-refractivity contribution is 5.84. The number of anilines is 1. The molecule has 0 radical (unpaired) electrons. The minimum Gasteiger partial charge on any atom is -0.358 e. The molecule has 3 heteroatoms. The molecule has 2 bridgehead atoms. The van der Waals surface area contributed by atoms with Crippen LogP contribution in [0.15, 0.2) is 47.2 Å².